The number of hydrogen-bond donors (Lipinski definition) is 1. The maximum atomic E-state index is 11.9. The highest BCUT2D eigenvalue weighted by Gasteiger charge is 2.16. The van der Waals surface area contributed by atoms with E-state index < -0.39 is 0 Å². The van der Waals surface area contributed by atoms with Crippen molar-refractivity contribution in [1.82, 2.24) is 0 Å². The Labute approximate surface area is 151 Å². The van der Waals surface area contributed by atoms with Crippen molar-refractivity contribution in [2.75, 3.05) is 17.7 Å². The standard InChI is InChI=1S/C18H25NO3S2/c1-13-7-8-16(14(2)11-13)19-17(20)12-22-18(21)6-4-3-5-15-9-10-23-24-15/h7-8,11,15H,3-6,9-10,12H2,1-2H3,(H,19,20)/t15-/m1/s1. The highest BCUT2D eigenvalue weighted by Crippen LogP contribution is 2.39. The molecule has 0 bridgehead atoms. The van der Waals surface area contributed by atoms with Crippen molar-refractivity contribution < 1.29 is 14.3 Å². The van der Waals surface area contributed by atoms with Gasteiger partial charge in [0.2, 0.25) is 0 Å². The number of amides is 1. The largest absolute Gasteiger partial charge is 0.456 e. The third-order valence-corrected chi connectivity index (χ3v) is 6.91. The molecule has 1 fully saturated rings. The van der Waals surface area contributed by atoms with Gasteiger partial charge in [0, 0.05) is 23.1 Å². The van der Waals surface area contributed by atoms with Crippen LogP contribution in [0.5, 0.6) is 0 Å². The zero-order chi connectivity index (χ0) is 17.4. The first-order valence-electron chi connectivity index (χ1n) is 8.35. The van der Waals surface area contributed by atoms with E-state index >= 15 is 0 Å². The molecule has 1 aromatic rings. The Bertz CT molecular complexity index is 571. The maximum Gasteiger partial charge on any atom is 0.306 e. The molecule has 0 saturated carbocycles. The van der Waals surface area contributed by atoms with Gasteiger partial charge in [-0.15, -0.1) is 0 Å². The number of benzene rings is 1. The van der Waals surface area contributed by atoms with Crippen LogP contribution in [-0.4, -0.2) is 29.5 Å². The van der Waals surface area contributed by atoms with E-state index in [-0.39, 0.29) is 18.5 Å². The molecule has 1 aromatic carbocycles. The molecule has 1 atom stereocenters. The summed E-state index contributed by atoms with van der Waals surface area (Å²) in [6.45, 7) is 3.72. The predicted octanol–water partition coefficient (Wildman–Crippen LogP) is 4.50. The number of anilines is 1. The van der Waals surface area contributed by atoms with E-state index in [1.165, 1.54) is 12.2 Å². The van der Waals surface area contributed by atoms with E-state index in [1.54, 1.807) is 0 Å². The minimum Gasteiger partial charge on any atom is -0.456 e. The van der Waals surface area contributed by atoms with Crippen LogP contribution in [0.1, 0.15) is 43.2 Å². The molecule has 4 nitrogen and oxygen atoms in total. The van der Waals surface area contributed by atoms with Crippen LogP contribution < -0.4 is 5.32 Å². The Morgan fingerprint density at radius 2 is 2.12 bits per heavy atom. The predicted molar refractivity (Wildman–Crippen MR) is 102 cm³/mol. The summed E-state index contributed by atoms with van der Waals surface area (Å²) in [5.74, 6) is 0.654. The van der Waals surface area contributed by atoms with Crippen molar-refractivity contribution in [2.45, 2.75) is 51.2 Å². The van der Waals surface area contributed by atoms with Crippen molar-refractivity contribution >= 4 is 39.2 Å². The molecule has 1 aliphatic rings. The van der Waals surface area contributed by atoms with E-state index in [2.05, 4.69) is 5.32 Å². The quantitative estimate of drug-likeness (QED) is 0.416. The van der Waals surface area contributed by atoms with Gasteiger partial charge in [0.25, 0.3) is 5.91 Å². The van der Waals surface area contributed by atoms with E-state index in [1.807, 2.05) is 53.6 Å². The van der Waals surface area contributed by atoms with Crippen molar-refractivity contribution in [1.29, 1.82) is 0 Å². The van der Waals surface area contributed by atoms with Gasteiger partial charge in [-0.05, 0) is 44.7 Å². The number of ether oxygens (including phenoxy) is 1. The maximum absolute atomic E-state index is 11.9. The first kappa shape index (κ1) is 19.2. The molecule has 1 heterocycles. The third-order valence-electron chi connectivity index (χ3n) is 3.90. The van der Waals surface area contributed by atoms with Crippen LogP contribution in [0.15, 0.2) is 18.2 Å². The fourth-order valence-electron chi connectivity index (χ4n) is 2.56. The van der Waals surface area contributed by atoms with Gasteiger partial charge in [0.1, 0.15) is 0 Å². The Morgan fingerprint density at radius 3 is 2.83 bits per heavy atom. The van der Waals surface area contributed by atoms with Crippen LogP contribution in [0.25, 0.3) is 0 Å². The number of nitrogens with one attached hydrogen (secondary N) is 1. The molecule has 6 heteroatoms. The number of carbonyl (C=O) groups excluding carboxylic acids is 2. The minimum atomic E-state index is -0.297. The SMILES string of the molecule is Cc1ccc(NC(=O)COC(=O)CCCC[C@@H]2CCSS2)c(C)c1. The molecule has 1 aliphatic heterocycles. The molecule has 24 heavy (non-hydrogen) atoms. The first-order valence-corrected chi connectivity index (χ1v) is 10.7. The van der Waals surface area contributed by atoms with Gasteiger partial charge in [0.15, 0.2) is 6.61 Å². The average molecular weight is 368 g/mol. The molecule has 0 aliphatic carbocycles. The zero-order valence-electron chi connectivity index (χ0n) is 14.3. The highest BCUT2D eigenvalue weighted by molar-refractivity contribution is 8.77. The van der Waals surface area contributed by atoms with Crippen LogP contribution in [0.3, 0.4) is 0 Å². The van der Waals surface area contributed by atoms with Gasteiger partial charge in [-0.3, -0.25) is 9.59 Å². The summed E-state index contributed by atoms with van der Waals surface area (Å²) < 4.78 is 5.05. The molecule has 0 aromatic heterocycles. The first-order chi connectivity index (χ1) is 11.5. The molecule has 1 saturated heterocycles. The van der Waals surface area contributed by atoms with Gasteiger partial charge in [-0.1, -0.05) is 45.7 Å². The monoisotopic (exact) mass is 367 g/mol. The fourth-order valence-corrected chi connectivity index (χ4v) is 5.59. The molecular weight excluding hydrogens is 342 g/mol. The van der Waals surface area contributed by atoms with E-state index in [0.717, 1.165) is 41.3 Å². The van der Waals surface area contributed by atoms with Gasteiger partial charge in [-0.2, -0.15) is 0 Å². The Hall–Kier alpha value is -1.14. The van der Waals surface area contributed by atoms with E-state index in [4.69, 9.17) is 4.74 Å². The summed E-state index contributed by atoms with van der Waals surface area (Å²) in [6.07, 6.45) is 4.71. The molecule has 2 rings (SSSR count). The molecule has 1 amide bonds. The number of esters is 1. The van der Waals surface area contributed by atoms with Crippen LogP contribution in [0.2, 0.25) is 0 Å². The van der Waals surface area contributed by atoms with Crippen molar-refractivity contribution in [2.24, 2.45) is 0 Å². The van der Waals surface area contributed by atoms with Gasteiger partial charge in [-0.25, -0.2) is 0 Å². The Balaban J connectivity index is 1.59. The number of unbranched alkanes of at least 4 members (excludes halogenated alkanes) is 1. The number of aryl methyl sites for hydroxylation is 2. The lowest BCUT2D eigenvalue weighted by atomic mass is 10.1. The molecule has 1 N–H and O–H groups in total. The lowest BCUT2D eigenvalue weighted by Crippen LogP contribution is -2.21. The summed E-state index contributed by atoms with van der Waals surface area (Å²) in [5.41, 5.74) is 2.90. The van der Waals surface area contributed by atoms with E-state index in [0.29, 0.717) is 6.42 Å². The second-order valence-electron chi connectivity index (χ2n) is 6.10. The zero-order valence-corrected chi connectivity index (χ0v) is 15.9. The second kappa shape index (κ2) is 9.99. The summed E-state index contributed by atoms with van der Waals surface area (Å²) in [7, 11) is 3.91. The van der Waals surface area contributed by atoms with Crippen LogP contribution in [0.4, 0.5) is 5.69 Å². The minimum absolute atomic E-state index is 0.221. The molecule has 0 unspecified atom stereocenters. The summed E-state index contributed by atoms with van der Waals surface area (Å²) in [4.78, 5) is 23.6. The lowest BCUT2D eigenvalue weighted by Gasteiger charge is -2.10. The van der Waals surface area contributed by atoms with Crippen LogP contribution in [0, 0.1) is 13.8 Å². The smallest absolute Gasteiger partial charge is 0.306 e. The summed E-state index contributed by atoms with van der Waals surface area (Å²) in [5, 5.41) is 3.52. The topological polar surface area (TPSA) is 55.4 Å². The number of hydrogen-bond acceptors (Lipinski definition) is 5. The van der Waals surface area contributed by atoms with Gasteiger partial charge in [0.05, 0.1) is 0 Å². The second-order valence-corrected chi connectivity index (χ2v) is 8.89. The summed E-state index contributed by atoms with van der Waals surface area (Å²) >= 11 is 0. The molecular formula is C18H25NO3S2. The number of carbonyl (C=O) groups is 2. The van der Waals surface area contributed by atoms with Gasteiger partial charge >= 0.3 is 5.97 Å². The van der Waals surface area contributed by atoms with Crippen molar-refractivity contribution in [3.63, 3.8) is 0 Å². The normalized spacial score (nSPS) is 16.8. The fraction of sp³-hybridized carbons (Fsp3) is 0.556. The van der Waals surface area contributed by atoms with E-state index in [9.17, 15) is 9.59 Å². The molecule has 0 spiro atoms. The summed E-state index contributed by atoms with van der Waals surface area (Å²) in [6, 6.07) is 5.81. The molecule has 132 valence electrons. The van der Waals surface area contributed by atoms with Gasteiger partial charge < -0.3 is 10.1 Å². The Morgan fingerprint density at radius 1 is 1.29 bits per heavy atom. The van der Waals surface area contributed by atoms with Crippen LogP contribution in [-0.2, 0) is 14.3 Å². The van der Waals surface area contributed by atoms with Crippen molar-refractivity contribution in [3.05, 3.63) is 29.3 Å². The highest BCUT2D eigenvalue weighted by atomic mass is 33.1. The lowest BCUT2D eigenvalue weighted by molar-refractivity contribution is -0.147. The third kappa shape index (κ3) is 6.77. The van der Waals surface area contributed by atoms with Crippen LogP contribution >= 0.6 is 21.6 Å². The molecule has 0 radical (unpaired) electrons. The Kier molecular flexibility index (Phi) is 7.99. The number of rotatable bonds is 8. The van der Waals surface area contributed by atoms with Crippen molar-refractivity contribution in [3.8, 4) is 0 Å². The average Bonchev–Trinajstić information content (AvgIpc) is 3.06.